The van der Waals surface area contributed by atoms with Crippen molar-refractivity contribution < 1.29 is 24.2 Å². The molecule has 0 aromatic heterocycles. The quantitative estimate of drug-likeness (QED) is 0.538. The maximum atomic E-state index is 11.2. The lowest BCUT2D eigenvalue weighted by Crippen LogP contribution is -2.50. The van der Waals surface area contributed by atoms with Gasteiger partial charge in [0, 0.05) is 0 Å². The van der Waals surface area contributed by atoms with Gasteiger partial charge in [0.05, 0.1) is 6.54 Å². The lowest BCUT2D eigenvalue weighted by atomic mass is 10.2. The second-order valence-corrected chi connectivity index (χ2v) is 4.28. The van der Waals surface area contributed by atoms with Crippen molar-refractivity contribution in [1.29, 1.82) is 0 Å². The smallest absolute Gasteiger partial charge is 0.407 e. The molecule has 0 aliphatic rings. The second kappa shape index (κ2) is 5.92. The fourth-order valence-corrected chi connectivity index (χ4v) is 0.871. The zero-order valence-electron chi connectivity index (χ0n) is 9.94. The van der Waals surface area contributed by atoms with Gasteiger partial charge in [0.2, 0.25) is 0 Å². The molecule has 0 rings (SSSR count). The van der Waals surface area contributed by atoms with Gasteiger partial charge in [-0.3, -0.25) is 0 Å². The highest BCUT2D eigenvalue weighted by atomic mass is 16.6. The summed E-state index contributed by atoms with van der Waals surface area (Å²) < 4.78 is 4.89. The van der Waals surface area contributed by atoms with E-state index in [4.69, 9.17) is 15.6 Å². The summed E-state index contributed by atoms with van der Waals surface area (Å²) in [5.74, 6) is -1.31. The Morgan fingerprint density at radius 3 is 2.24 bits per heavy atom. The largest absolute Gasteiger partial charge is 0.480 e. The van der Waals surface area contributed by atoms with Crippen LogP contribution in [0.2, 0.25) is 0 Å². The summed E-state index contributed by atoms with van der Waals surface area (Å²) in [5, 5.41) is 12.9. The number of primary amides is 1. The van der Waals surface area contributed by atoms with Gasteiger partial charge in [-0.1, -0.05) is 0 Å². The molecule has 3 amide bonds. The SMILES string of the molecule is CC(C)(C)OC(=O)NCC(NC(N)=O)C(=O)O. The van der Waals surface area contributed by atoms with E-state index in [1.807, 2.05) is 5.32 Å². The number of carbonyl (C=O) groups is 3. The van der Waals surface area contributed by atoms with Crippen molar-refractivity contribution in [1.82, 2.24) is 10.6 Å². The summed E-state index contributed by atoms with van der Waals surface area (Å²) in [6.07, 6.45) is -0.768. The highest BCUT2D eigenvalue weighted by Crippen LogP contribution is 2.06. The average molecular weight is 247 g/mol. The molecule has 0 saturated carbocycles. The molecule has 0 radical (unpaired) electrons. The van der Waals surface area contributed by atoms with Crippen LogP contribution in [0.15, 0.2) is 0 Å². The Balaban J connectivity index is 4.18. The van der Waals surface area contributed by atoms with Crippen LogP contribution in [-0.2, 0) is 9.53 Å². The first-order chi connectivity index (χ1) is 7.61. The predicted octanol–water partition coefficient (Wildman–Crippen LogP) is -0.367. The van der Waals surface area contributed by atoms with Crippen molar-refractivity contribution in [3.63, 3.8) is 0 Å². The molecule has 98 valence electrons. The summed E-state index contributed by atoms with van der Waals surface area (Å²) in [7, 11) is 0. The summed E-state index contributed by atoms with van der Waals surface area (Å²) >= 11 is 0. The molecule has 0 aromatic rings. The Morgan fingerprint density at radius 1 is 1.35 bits per heavy atom. The number of amides is 3. The summed E-state index contributed by atoms with van der Waals surface area (Å²) in [6, 6.07) is -2.27. The molecule has 0 heterocycles. The van der Waals surface area contributed by atoms with Gasteiger partial charge in [-0.2, -0.15) is 0 Å². The zero-order valence-corrected chi connectivity index (χ0v) is 9.94. The number of nitrogens with one attached hydrogen (secondary N) is 2. The van der Waals surface area contributed by atoms with E-state index in [-0.39, 0.29) is 6.54 Å². The van der Waals surface area contributed by atoms with E-state index in [1.165, 1.54) is 0 Å². The topological polar surface area (TPSA) is 131 Å². The Labute approximate surface area is 98.5 Å². The molecule has 1 unspecified atom stereocenters. The van der Waals surface area contributed by atoms with E-state index < -0.39 is 29.7 Å². The van der Waals surface area contributed by atoms with Crippen LogP contribution in [-0.4, -0.2) is 41.4 Å². The first-order valence-corrected chi connectivity index (χ1v) is 4.87. The van der Waals surface area contributed by atoms with Crippen LogP contribution in [0.1, 0.15) is 20.8 Å². The van der Waals surface area contributed by atoms with E-state index >= 15 is 0 Å². The Morgan fingerprint density at radius 2 is 1.88 bits per heavy atom. The average Bonchev–Trinajstić information content (AvgIpc) is 2.08. The van der Waals surface area contributed by atoms with Crippen LogP contribution < -0.4 is 16.4 Å². The first kappa shape index (κ1) is 15.0. The van der Waals surface area contributed by atoms with E-state index in [0.717, 1.165) is 0 Å². The molecule has 0 fully saturated rings. The fourth-order valence-electron chi connectivity index (χ4n) is 0.871. The number of urea groups is 1. The number of nitrogens with two attached hydrogens (primary N) is 1. The number of hydrogen-bond donors (Lipinski definition) is 4. The second-order valence-electron chi connectivity index (χ2n) is 4.28. The monoisotopic (exact) mass is 247 g/mol. The van der Waals surface area contributed by atoms with Gasteiger partial charge in [-0.15, -0.1) is 0 Å². The molecule has 5 N–H and O–H groups in total. The van der Waals surface area contributed by atoms with Crippen molar-refractivity contribution in [2.24, 2.45) is 5.73 Å². The lowest BCUT2D eigenvalue weighted by molar-refractivity contribution is -0.139. The van der Waals surface area contributed by atoms with Crippen molar-refractivity contribution in [3.05, 3.63) is 0 Å². The van der Waals surface area contributed by atoms with Gasteiger partial charge in [-0.25, -0.2) is 14.4 Å². The lowest BCUT2D eigenvalue weighted by Gasteiger charge is -2.20. The van der Waals surface area contributed by atoms with Gasteiger partial charge in [0.1, 0.15) is 11.6 Å². The van der Waals surface area contributed by atoms with Crippen molar-refractivity contribution in [2.75, 3.05) is 6.54 Å². The fraction of sp³-hybridized carbons (Fsp3) is 0.667. The van der Waals surface area contributed by atoms with E-state index in [9.17, 15) is 14.4 Å². The van der Waals surface area contributed by atoms with Crippen LogP contribution in [0.3, 0.4) is 0 Å². The standard InChI is InChI=1S/C9H17N3O5/c1-9(2,3)17-8(16)11-4-5(6(13)14)12-7(10)15/h5H,4H2,1-3H3,(H,11,16)(H,13,14)(H3,10,12,15). The first-order valence-electron chi connectivity index (χ1n) is 4.87. The van der Waals surface area contributed by atoms with Crippen LogP contribution >= 0.6 is 0 Å². The number of carbonyl (C=O) groups excluding carboxylic acids is 2. The van der Waals surface area contributed by atoms with E-state index in [2.05, 4.69) is 5.32 Å². The third kappa shape index (κ3) is 7.88. The summed E-state index contributed by atoms with van der Waals surface area (Å²) in [4.78, 5) is 32.4. The number of ether oxygens (including phenoxy) is 1. The summed E-state index contributed by atoms with van der Waals surface area (Å²) in [5.41, 5.74) is 4.10. The van der Waals surface area contributed by atoms with E-state index in [0.29, 0.717) is 0 Å². The summed E-state index contributed by atoms with van der Waals surface area (Å²) in [6.45, 7) is 4.70. The van der Waals surface area contributed by atoms with E-state index in [1.54, 1.807) is 20.8 Å². The van der Waals surface area contributed by atoms with Crippen molar-refractivity contribution in [3.8, 4) is 0 Å². The number of carboxylic acids is 1. The van der Waals surface area contributed by atoms with Crippen LogP contribution in [0.5, 0.6) is 0 Å². The number of carboxylic acid groups (broad SMARTS) is 1. The normalized spacial score (nSPS) is 12.4. The molecule has 1 atom stereocenters. The highest BCUT2D eigenvalue weighted by Gasteiger charge is 2.21. The molecule has 0 spiro atoms. The minimum absolute atomic E-state index is 0.312. The zero-order chi connectivity index (χ0) is 13.6. The molecule has 0 aliphatic carbocycles. The third-order valence-electron chi connectivity index (χ3n) is 1.46. The van der Waals surface area contributed by atoms with Crippen LogP contribution in [0.4, 0.5) is 9.59 Å². The van der Waals surface area contributed by atoms with Crippen molar-refractivity contribution >= 4 is 18.1 Å². The Kier molecular flexibility index (Phi) is 5.23. The molecular formula is C9H17N3O5. The maximum absolute atomic E-state index is 11.2. The number of alkyl carbamates (subject to hydrolysis) is 1. The maximum Gasteiger partial charge on any atom is 0.407 e. The van der Waals surface area contributed by atoms with Crippen LogP contribution in [0, 0.1) is 0 Å². The highest BCUT2D eigenvalue weighted by molar-refractivity contribution is 5.82. The van der Waals surface area contributed by atoms with Crippen molar-refractivity contribution in [2.45, 2.75) is 32.4 Å². The molecule has 0 aromatic carbocycles. The molecule has 0 bridgehead atoms. The molecule has 8 heteroatoms. The number of hydrogen-bond acceptors (Lipinski definition) is 4. The molecular weight excluding hydrogens is 230 g/mol. The molecule has 0 aliphatic heterocycles. The minimum atomic E-state index is -1.31. The minimum Gasteiger partial charge on any atom is -0.480 e. The van der Waals surface area contributed by atoms with Gasteiger partial charge in [0.25, 0.3) is 0 Å². The van der Waals surface area contributed by atoms with Gasteiger partial charge in [0.15, 0.2) is 0 Å². The van der Waals surface area contributed by atoms with Crippen LogP contribution in [0.25, 0.3) is 0 Å². The number of rotatable bonds is 4. The molecule has 0 saturated heterocycles. The predicted molar refractivity (Wildman–Crippen MR) is 58.4 cm³/mol. The number of aliphatic carboxylic acids is 1. The van der Waals surface area contributed by atoms with Gasteiger partial charge < -0.3 is 26.2 Å². The third-order valence-corrected chi connectivity index (χ3v) is 1.46. The Hall–Kier alpha value is -1.99. The van der Waals surface area contributed by atoms with Gasteiger partial charge in [-0.05, 0) is 20.8 Å². The van der Waals surface area contributed by atoms with Gasteiger partial charge >= 0.3 is 18.1 Å². The molecule has 17 heavy (non-hydrogen) atoms. The Bertz CT molecular complexity index is 310. The molecule has 8 nitrogen and oxygen atoms in total.